The van der Waals surface area contributed by atoms with E-state index in [9.17, 15) is 4.79 Å². The summed E-state index contributed by atoms with van der Waals surface area (Å²) in [5.74, 6) is -0.211. The lowest BCUT2D eigenvalue weighted by atomic mass is 10.0. The van der Waals surface area contributed by atoms with Crippen molar-refractivity contribution >= 4 is 61.6 Å². The van der Waals surface area contributed by atoms with Crippen molar-refractivity contribution in [3.63, 3.8) is 0 Å². The molecular formula is C25H19BrCl2N2O. The molecule has 3 nitrogen and oxygen atoms in total. The highest BCUT2D eigenvalue weighted by atomic mass is 79.9. The molecule has 0 radical (unpaired) electrons. The van der Waals surface area contributed by atoms with Gasteiger partial charge in [-0.2, -0.15) is 0 Å². The summed E-state index contributed by atoms with van der Waals surface area (Å²) >= 11 is 15.7. The maximum Gasteiger partial charge on any atom is 0.256 e. The van der Waals surface area contributed by atoms with Crippen molar-refractivity contribution in [2.45, 2.75) is 20.3 Å². The van der Waals surface area contributed by atoms with Crippen molar-refractivity contribution in [1.29, 1.82) is 0 Å². The second-order valence-electron chi connectivity index (χ2n) is 7.30. The summed E-state index contributed by atoms with van der Waals surface area (Å²) in [6.07, 6.45) is 0.872. The normalized spacial score (nSPS) is 11.0. The summed E-state index contributed by atoms with van der Waals surface area (Å²) in [4.78, 5) is 18.2. The molecule has 0 fully saturated rings. The van der Waals surface area contributed by atoms with E-state index in [1.165, 1.54) is 0 Å². The van der Waals surface area contributed by atoms with Crippen LogP contribution < -0.4 is 5.32 Å². The Bertz CT molecular complexity index is 1300. The minimum absolute atomic E-state index is 0.211. The average Bonchev–Trinajstić information content (AvgIpc) is 2.76. The Morgan fingerprint density at radius 2 is 1.77 bits per heavy atom. The van der Waals surface area contributed by atoms with Gasteiger partial charge in [-0.3, -0.25) is 4.79 Å². The molecule has 1 aromatic heterocycles. The van der Waals surface area contributed by atoms with Gasteiger partial charge in [0, 0.05) is 26.1 Å². The van der Waals surface area contributed by atoms with Crippen molar-refractivity contribution in [2.24, 2.45) is 0 Å². The van der Waals surface area contributed by atoms with Crippen LogP contribution in [0.5, 0.6) is 0 Å². The van der Waals surface area contributed by atoms with Gasteiger partial charge in [0.15, 0.2) is 0 Å². The van der Waals surface area contributed by atoms with E-state index in [2.05, 4.69) is 28.2 Å². The lowest BCUT2D eigenvalue weighted by molar-refractivity contribution is 0.102. The highest BCUT2D eigenvalue weighted by molar-refractivity contribution is 9.10. The lowest BCUT2D eigenvalue weighted by Crippen LogP contribution is -2.14. The van der Waals surface area contributed by atoms with Gasteiger partial charge in [0.25, 0.3) is 5.91 Å². The summed E-state index contributed by atoms with van der Waals surface area (Å²) in [6, 6.07) is 18.9. The number of carbonyl (C=O) groups is 1. The molecule has 0 saturated heterocycles. The van der Waals surface area contributed by atoms with Crippen LogP contribution in [0.1, 0.15) is 28.4 Å². The topological polar surface area (TPSA) is 42.0 Å². The number of hydrogen-bond acceptors (Lipinski definition) is 2. The highest BCUT2D eigenvalue weighted by Gasteiger charge is 2.16. The number of fused-ring (bicyclic) bond motifs is 1. The second-order valence-corrected chi connectivity index (χ2v) is 9.00. The molecule has 1 heterocycles. The van der Waals surface area contributed by atoms with Gasteiger partial charge in [-0.15, -0.1) is 0 Å². The van der Waals surface area contributed by atoms with Crippen LogP contribution in [-0.4, -0.2) is 10.9 Å². The first kappa shape index (κ1) is 21.8. The van der Waals surface area contributed by atoms with E-state index in [4.69, 9.17) is 28.2 Å². The third-order valence-corrected chi connectivity index (χ3v) is 6.63. The van der Waals surface area contributed by atoms with Crippen LogP contribution in [0.4, 0.5) is 5.69 Å². The van der Waals surface area contributed by atoms with Crippen molar-refractivity contribution in [2.75, 3.05) is 5.32 Å². The number of amides is 1. The number of pyridine rings is 1. The Hall–Kier alpha value is -2.40. The molecule has 6 heteroatoms. The average molecular weight is 514 g/mol. The van der Waals surface area contributed by atoms with Crippen molar-refractivity contribution in [3.8, 4) is 11.3 Å². The number of nitrogens with zero attached hydrogens (tertiary/aromatic N) is 1. The first-order chi connectivity index (χ1) is 14.9. The molecule has 0 aliphatic rings. The Balaban J connectivity index is 1.84. The molecule has 0 unspecified atom stereocenters. The largest absolute Gasteiger partial charge is 0.322 e. The lowest BCUT2D eigenvalue weighted by Gasteiger charge is -2.14. The molecule has 31 heavy (non-hydrogen) atoms. The molecular weight excluding hydrogens is 495 g/mol. The molecule has 0 atom stereocenters. The van der Waals surface area contributed by atoms with E-state index in [1.807, 2.05) is 61.5 Å². The maximum atomic E-state index is 13.4. The van der Waals surface area contributed by atoms with Gasteiger partial charge < -0.3 is 5.32 Å². The summed E-state index contributed by atoms with van der Waals surface area (Å²) in [5, 5.41) is 5.02. The summed E-state index contributed by atoms with van der Waals surface area (Å²) in [6.45, 7) is 4.01. The number of benzene rings is 3. The number of aryl methyl sites for hydroxylation is 2. The monoisotopic (exact) mass is 512 g/mol. The fraction of sp³-hybridized carbons (Fsp3) is 0.120. The molecule has 0 aliphatic carbocycles. The van der Waals surface area contributed by atoms with Crippen LogP contribution in [0.25, 0.3) is 22.2 Å². The number of carbonyl (C=O) groups excluding carboxylic acids is 1. The Morgan fingerprint density at radius 1 is 1.03 bits per heavy atom. The minimum atomic E-state index is -0.211. The van der Waals surface area contributed by atoms with Gasteiger partial charge in [0.1, 0.15) is 0 Å². The zero-order chi connectivity index (χ0) is 22.1. The Morgan fingerprint density at radius 3 is 2.48 bits per heavy atom. The number of rotatable bonds is 4. The third-order valence-electron chi connectivity index (χ3n) is 5.18. The second kappa shape index (κ2) is 8.99. The Labute approximate surface area is 199 Å². The quantitative estimate of drug-likeness (QED) is 0.299. The van der Waals surface area contributed by atoms with Gasteiger partial charge in [-0.1, -0.05) is 48.3 Å². The standard InChI is InChI=1S/C25H19BrCl2N2O/c1-3-15-4-9-22-18(11-15)19(12-24(29-22)16-5-7-17(27)8-6-16)25(31)30-23-13-21(28)20(26)10-14(23)2/h4-13H,3H2,1-2H3,(H,30,31). The molecule has 0 saturated carbocycles. The van der Waals surface area contributed by atoms with E-state index in [-0.39, 0.29) is 5.91 Å². The van der Waals surface area contributed by atoms with Gasteiger partial charge in [0.2, 0.25) is 0 Å². The third kappa shape index (κ3) is 4.62. The molecule has 4 rings (SSSR count). The van der Waals surface area contributed by atoms with Crippen LogP contribution in [0, 0.1) is 6.92 Å². The molecule has 4 aromatic rings. The first-order valence-electron chi connectivity index (χ1n) is 9.82. The Kier molecular flexibility index (Phi) is 6.33. The van der Waals surface area contributed by atoms with Crippen LogP contribution in [0.3, 0.4) is 0 Å². The number of anilines is 1. The number of hydrogen-bond donors (Lipinski definition) is 1. The van der Waals surface area contributed by atoms with Crippen LogP contribution >= 0.6 is 39.1 Å². The van der Waals surface area contributed by atoms with E-state index in [0.717, 1.165) is 38.5 Å². The van der Waals surface area contributed by atoms with Crippen LogP contribution in [-0.2, 0) is 6.42 Å². The summed E-state index contributed by atoms with van der Waals surface area (Å²) in [7, 11) is 0. The van der Waals surface area contributed by atoms with E-state index in [0.29, 0.717) is 27.0 Å². The molecule has 1 amide bonds. The molecule has 0 spiro atoms. The fourth-order valence-corrected chi connectivity index (χ4v) is 4.17. The van der Waals surface area contributed by atoms with Crippen molar-refractivity contribution in [3.05, 3.63) is 91.9 Å². The number of aromatic nitrogens is 1. The van der Waals surface area contributed by atoms with Gasteiger partial charge >= 0.3 is 0 Å². The van der Waals surface area contributed by atoms with E-state index >= 15 is 0 Å². The van der Waals surface area contributed by atoms with Crippen molar-refractivity contribution in [1.82, 2.24) is 4.98 Å². The summed E-state index contributed by atoms with van der Waals surface area (Å²) in [5.41, 5.74) is 5.65. The van der Waals surface area contributed by atoms with Gasteiger partial charge in [-0.05, 0) is 82.9 Å². The molecule has 1 N–H and O–H groups in total. The predicted octanol–water partition coefficient (Wildman–Crippen LogP) is 8.09. The van der Waals surface area contributed by atoms with Gasteiger partial charge in [0.05, 0.1) is 21.8 Å². The minimum Gasteiger partial charge on any atom is -0.322 e. The van der Waals surface area contributed by atoms with E-state index < -0.39 is 0 Å². The van der Waals surface area contributed by atoms with E-state index in [1.54, 1.807) is 6.07 Å². The smallest absolute Gasteiger partial charge is 0.256 e. The summed E-state index contributed by atoms with van der Waals surface area (Å²) < 4.78 is 0.789. The zero-order valence-corrected chi connectivity index (χ0v) is 20.1. The molecule has 156 valence electrons. The number of nitrogens with one attached hydrogen (secondary N) is 1. The van der Waals surface area contributed by atoms with Crippen molar-refractivity contribution < 1.29 is 4.79 Å². The first-order valence-corrected chi connectivity index (χ1v) is 11.4. The highest BCUT2D eigenvalue weighted by Crippen LogP contribution is 2.31. The SMILES string of the molecule is CCc1ccc2nc(-c3ccc(Cl)cc3)cc(C(=O)Nc3cc(Cl)c(Br)cc3C)c2c1. The number of halogens is 3. The molecule has 3 aromatic carbocycles. The zero-order valence-electron chi connectivity index (χ0n) is 17.0. The van der Waals surface area contributed by atoms with Crippen LogP contribution in [0.2, 0.25) is 10.0 Å². The van der Waals surface area contributed by atoms with Gasteiger partial charge in [-0.25, -0.2) is 4.98 Å². The maximum absolute atomic E-state index is 13.4. The predicted molar refractivity (Wildman–Crippen MR) is 133 cm³/mol. The molecule has 0 bridgehead atoms. The van der Waals surface area contributed by atoms with Crippen LogP contribution in [0.15, 0.2) is 65.1 Å². The fourth-order valence-electron chi connectivity index (χ4n) is 3.42. The molecule has 0 aliphatic heterocycles.